The summed E-state index contributed by atoms with van der Waals surface area (Å²) in [6, 6.07) is 9.84. The highest BCUT2D eigenvalue weighted by Crippen LogP contribution is 2.49. The maximum absolute atomic E-state index is 13.4. The number of fused-ring (bicyclic) bond motifs is 9. The largest absolute Gasteiger partial charge is 0.494 e. The summed E-state index contributed by atoms with van der Waals surface area (Å²) in [5, 5.41) is 0.434. The van der Waals surface area contributed by atoms with Gasteiger partial charge in [0, 0.05) is 33.7 Å². The van der Waals surface area contributed by atoms with Crippen LogP contribution in [-0.4, -0.2) is 45.7 Å². The number of halogens is 1. The molecular weight excluding hydrogens is 425 g/mol. The maximum Gasteiger partial charge on any atom is 0.494 e. The lowest BCUT2D eigenvalue weighted by molar-refractivity contribution is 0.00578. The predicted octanol–water partition coefficient (Wildman–Crippen LogP) is 4.11. The first-order chi connectivity index (χ1) is 16.3. The van der Waals surface area contributed by atoms with E-state index in [1.807, 2.05) is 50.5 Å². The first kappa shape index (κ1) is 17.2. The summed E-state index contributed by atoms with van der Waals surface area (Å²) in [7, 11) is -0.546. The van der Waals surface area contributed by atoms with Gasteiger partial charge in [0.15, 0.2) is 0 Å². The van der Waals surface area contributed by atoms with Crippen LogP contribution in [0.3, 0.4) is 0 Å². The van der Waals surface area contributed by atoms with E-state index in [9.17, 15) is 4.79 Å². The highest BCUT2D eigenvalue weighted by molar-refractivity contribution is 6.62. The first-order valence-electron chi connectivity index (χ1n) is 12.3. The van der Waals surface area contributed by atoms with Crippen molar-refractivity contribution in [3.63, 3.8) is 0 Å². The van der Waals surface area contributed by atoms with Crippen LogP contribution in [0.5, 0.6) is 0 Å². The molecule has 1 fully saturated rings. The number of aromatic nitrogens is 2. The standard InChI is InChI=1S/C24H25BClN3O3/c1-23(2)24(3,4)32-25(31-23)13-9-10-16-17(11-13)29-18-12-19(21(29)27-16)28(5)22(30)14-7-6-8-15(26)20(14)18/h6-11,18-19H,12H2,1-5H3/t18-,19-/m1/s1/i5D3. The predicted molar refractivity (Wildman–Crippen MR) is 124 cm³/mol. The normalized spacial score (nSPS) is 27.0. The van der Waals surface area contributed by atoms with E-state index in [2.05, 4.69) is 0 Å². The Bertz CT molecular complexity index is 1390. The number of hydrogen-bond acceptors (Lipinski definition) is 4. The van der Waals surface area contributed by atoms with Gasteiger partial charge >= 0.3 is 7.12 Å². The molecule has 0 radical (unpaired) electrons. The number of nitrogens with zero attached hydrogens (tertiary/aromatic N) is 3. The van der Waals surface area contributed by atoms with Crippen LogP contribution in [0.1, 0.15) is 72.1 Å². The number of carbonyl (C=O) groups is 1. The minimum atomic E-state index is -2.63. The van der Waals surface area contributed by atoms with Gasteiger partial charge in [-0.25, -0.2) is 4.98 Å². The molecule has 6 nitrogen and oxygen atoms in total. The summed E-state index contributed by atoms with van der Waals surface area (Å²) in [6.07, 6.45) is 0.389. The highest BCUT2D eigenvalue weighted by atomic mass is 35.5. The number of amides is 1. The third-order valence-electron chi connectivity index (χ3n) is 7.47. The zero-order valence-corrected chi connectivity index (χ0v) is 19.1. The molecule has 0 N–H and O–H groups in total. The summed E-state index contributed by atoms with van der Waals surface area (Å²) < 4.78 is 38.9. The molecule has 2 aromatic carbocycles. The minimum absolute atomic E-state index is 0.315. The van der Waals surface area contributed by atoms with Gasteiger partial charge in [-0.15, -0.1) is 0 Å². The Balaban J connectivity index is 1.55. The van der Waals surface area contributed by atoms with Crippen LogP contribution >= 0.6 is 11.6 Å². The number of imidazole rings is 1. The summed E-state index contributed by atoms with van der Waals surface area (Å²) >= 11 is 6.63. The summed E-state index contributed by atoms with van der Waals surface area (Å²) in [5.41, 5.74) is 2.38. The third kappa shape index (κ3) is 2.56. The van der Waals surface area contributed by atoms with E-state index in [0.29, 0.717) is 33.9 Å². The van der Waals surface area contributed by atoms with Crippen molar-refractivity contribution in [3.8, 4) is 0 Å². The second-order valence-corrected chi connectivity index (χ2v) is 10.2. The third-order valence-corrected chi connectivity index (χ3v) is 7.80. The van der Waals surface area contributed by atoms with Crippen molar-refractivity contribution in [2.75, 3.05) is 6.98 Å². The van der Waals surface area contributed by atoms with Crippen molar-refractivity contribution in [3.05, 3.63) is 58.4 Å². The van der Waals surface area contributed by atoms with E-state index in [1.54, 1.807) is 18.2 Å². The Hall–Kier alpha value is -2.35. The van der Waals surface area contributed by atoms with Gasteiger partial charge < -0.3 is 18.8 Å². The average Bonchev–Trinajstić information content (AvgIpc) is 3.32. The van der Waals surface area contributed by atoms with Crippen LogP contribution in [0, 0.1) is 0 Å². The van der Waals surface area contributed by atoms with E-state index >= 15 is 0 Å². The summed E-state index contributed by atoms with van der Waals surface area (Å²) in [4.78, 5) is 19.2. The van der Waals surface area contributed by atoms with Gasteiger partial charge in [-0.1, -0.05) is 23.7 Å². The van der Waals surface area contributed by atoms with Gasteiger partial charge in [-0.05, 0) is 57.4 Å². The fourth-order valence-corrected chi connectivity index (χ4v) is 5.34. The Morgan fingerprint density at radius 2 is 1.91 bits per heavy atom. The van der Waals surface area contributed by atoms with Crippen molar-refractivity contribution < 1.29 is 18.2 Å². The molecule has 164 valence electrons. The number of rotatable bonds is 1. The van der Waals surface area contributed by atoms with Crippen molar-refractivity contribution in [2.45, 2.75) is 57.4 Å². The van der Waals surface area contributed by atoms with Gasteiger partial charge in [-0.3, -0.25) is 4.79 Å². The zero-order valence-electron chi connectivity index (χ0n) is 21.3. The fourth-order valence-electron chi connectivity index (χ4n) is 5.04. The van der Waals surface area contributed by atoms with Crippen molar-refractivity contribution in [1.29, 1.82) is 0 Å². The monoisotopic (exact) mass is 452 g/mol. The number of carbonyl (C=O) groups excluding carboxylic acids is 1. The van der Waals surface area contributed by atoms with Crippen molar-refractivity contribution in [2.24, 2.45) is 0 Å². The molecule has 8 heteroatoms. The first-order valence-corrected chi connectivity index (χ1v) is 11.2. The lowest BCUT2D eigenvalue weighted by Gasteiger charge is -2.32. The summed E-state index contributed by atoms with van der Waals surface area (Å²) in [5.74, 6) is -0.00248. The van der Waals surface area contributed by atoms with Gasteiger partial charge in [0.05, 0.1) is 34.3 Å². The van der Waals surface area contributed by atoms with Gasteiger partial charge in [0.1, 0.15) is 5.82 Å². The molecular formula is C24H25BClN3O3. The van der Waals surface area contributed by atoms with E-state index in [-0.39, 0.29) is 6.04 Å². The molecule has 0 spiro atoms. The molecule has 4 heterocycles. The molecule has 3 aliphatic rings. The van der Waals surface area contributed by atoms with E-state index in [4.69, 9.17) is 30.0 Å². The lowest BCUT2D eigenvalue weighted by atomic mass is 9.79. The molecule has 32 heavy (non-hydrogen) atoms. The Labute approximate surface area is 196 Å². The molecule has 0 unspecified atom stereocenters. The second kappa shape index (κ2) is 6.37. The average molecular weight is 453 g/mol. The second-order valence-electron chi connectivity index (χ2n) is 9.82. The molecule has 6 rings (SSSR count). The van der Waals surface area contributed by atoms with E-state index in [1.165, 1.54) is 0 Å². The molecule has 0 saturated carbocycles. The maximum atomic E-state index is 13.4. The van der Waals surface area contributed by atoms with Crippen LogP contribution < -0.4 is 5.46 Å². The highest BCUT2D eigenvalue weighted by Gasteiger charge is 2.52. The molecule has 3 aromatic rings. The molecule has 1 amide bonds. The van der Waals surface area contributed by atoms with Crippen molar-refractivity contribution in [1.82, 2.24) is 14.5 Å². The number of hydrogen-bond donors (Lipinski definition) is 0. The van der Waals surface area contributed by atoms with E-state index < -0.39 is 37.2 Å². The molecule has 2 atom stereocenters. The van der Waals surface area contributed by atoms with Crippen molar-refractivity contribution >= 4 is 41.1 Å². The van der Waals surface area contributed by atoms with Gasteiger partial charge in [0.25, 0.3) is 5.91 Å². The quantitative estimate of drug-likeness (QED) is 0.521. The Morgan fingerprint density at radius 3 is 2.62 bits per heavy atom. The molecule has 2 bridgehead atoms. The molecule has 1 saturated heterocycles. The van der Waals surface area contributed by atoms with E-state index in [0.717, 1.165) is 15.9 Å². The summed E-state index contributed by atoms with van der Waals surface area (Å²) in [6.45, 7) is 5.40. The minimum Gasteiger partial charge on any atom is -0.399 e. The van der Waals surface area contributed by atoms with Crippen LogP contribution in [-0.2, 0) is 9.31 Å². The van der Waals surface area contributed by atoms with Crippen LogP contribution in [0.25, 0.3) is 11.0 Å². The molecule has 3 aliphatic heterocycles. The van der Waals surface area contributed by atoms with Gasteiger partial charge in [0.2, 0.25) is 0 Å². The lowest BCUT2D eigenvalue weighted by Crippen LogP contribution is -2.41. The Morgan fingerprint density at radius 1 is 1.16 bits per heavy atom. The number of benzene rings is 2. The van der Waals surface area contributed by atoms with Crippen LogP contribution in [0.4, 0.5) is 0 Å². The SMILES string of the molecule is [2H]C([2H])([2H])N1C(=O)c2cccc(Cl)c2[C@H]2C[C@@H]1c1nc3ccc(B4OC(C)(C)C(C)(C)O4)cc3n12. The van der Waals surface area contributed by atoms with Gasteiger partial charge in [-0.2, -0.15) is 0 Å². The van der Waals surface area contributed by atoms with Crippen LogP contribution in [0.2, 0.25) is 5.02 Å². The smallest absolute Gasteiger partial charge is 0.399 e. The Kier molecular flexibility index (Phi) is 3.42. The topological polar surface area (TPSA) is 56.6 Å². The zero-order chi connectivity index (χ0) is 25.1. The fraction of sp³-hybridized carbons (Fsp3) is 0.417. The van der Waals surface area contributed by atoms with Crippen LogP contribution in [0.15, 0.2) is 36.4 Å². The molecule has 1 aromatic heterocycles. The molecule has 0 aliphatic carbocycles.